The highest BCUT2D eigenvalue weighted by molar-refractivity contribution is 5.79. The SMILES string of the molecule is CC1C(c2ccccc2)CCN1C(=O)Cc1ccc(N)cc1. The molecule has 0 saturated carbocycles. The lowest BCUT2D eigenvalue weighted by molar-refractivity contribution is -0.131. The molecule has 3 heteroatoms. The molecule has 2 N–H and O–H groups in total. The van der Waals surface area contributed by atoms with Gasteiger partial charge >= 0.3 is 0 Å². The van der Waals surface area contributed by atoms with Crippen molar-refractivity contribution in [3.05, 3.63) is 65.7 Å². The molecule has 0 spiro atoms. The van der Waals surface area contributed by atoms with Crippen LogP contribution in [0.1, 0.15) is 30.4 Å². The zero-order valence-electron chi connectivity index (χ0n) is 12.9. The molecule has 1 heterocycles. The van der Waals surface area contributed by atoms with Gasteiger partial charge in [-0.05, 0) is 36.6 Å². The lowest BCUT2D eigenvalue weighted by atomic mass is 9.93. The Morgan fingerprint density at radius 1 is 1.14 bits per heavy atom. The summed E-state index contributed by atoms with van der Waals surface area (Å²) >= 11 is 0. The van der Waals surface area contributed by atoms with E-state index in [4.69, 9.17) is 5.73 Å². The van der Waals surface area contributed by atoms with Crippen molar-refractivity contribution in [1.82, 2.24) is 4.90 Å². The highest BCUT2D eigenvalue weighted by Crippen LogP contribution is 2.33. The Labute approximate surface area is 131 Å². The average molecular weight is 294 g/mol. The van der Waals surface area contributed by atoms with Gasteiger partial charge in [-0.3, -0.25) is 4.79 Å². The Bertz CT molecular complexity index is 636. The van der Waals surface area contributed by atoms with Crippen molar-refractivity contribution in [2.24, 2.45) is 0 Å². The number of likely N-dealkylation sites (tertiary alicyclic amines) is 1. The fraction of sp³-hybridized carbons (Fsp3) is 0.316. The average Bonchev–Trinajstić information content (AvgIpc) is 2.92. The molecule has 0 radical (unpaired) electrons. The summed E-state index contributed by atoms with van der Waals surface area (Å²) in [6.45, 7) is 3.00. The number of carbonyl (C=O) groups excluding carboxylic acids is 1. The van der Waals surface area contributed by atoms with E-state index >= 15 is 0 Å². The Balaban J connectivity index is 1.68. The number of hydrogen-bond donors (Lipinski definition) is 1. The summed E-state index contributed by atoms with van der Waals surface area (Å²) in [5.41, 5.74) is 8.77. The van der Waals surface area contributed by atoms with Crippen LogP contribution in [0.2, 0.25) is 0 Å². The Hall–Kier alpha value is -2.29. The predicted molar refractivity (Wildman–Crippen MR) is 89.5 cm³/mol. The van der Waals surface area contributed by atoms with Crippen molar-refractivity contribution >= 4 is 11.6 Å². The zero-order chi connectivity index (χ0) is 15.5. The second-order valence-electron chi connectivity index (χ2n) is 6.05. The number of anilines is 1. The zero-order valence-corrected chi connectivity index (χ0v) is 12.9. The molecule has 1 aliphatic rings. The maximum absolute atomic E-state index is 12.6. The standard InChI is InChI=1S/C19H22N2O/c1-14-18(16-5-3-2-4-6-16)11-12-21(14)19(22)13-15-7-9-17(20)10-8-15/h2-10,14,18H,11-13,20H2,1H3. The Morgan fingerprint density at radius 3 is 2.50 bits per heavy atom. The molecule has 114 valence electrons. The second kappa shape index (κ2) is 6.22. The van der Waals surface area contributed by atoms with Crippen molar-refractivity contribution < 1.29 is 4.79 Å². The summed E-state index contributed by atoms with van der Waals surface area (Å²) in [4.78, 5) is 14.6. The van der Waals surface area contributed by atoms with Gasteiger partial charge in [0.05, 0.1) is 6.42 Å². The van der Waals surface area contributed by atoms with Crippen molar-refractivity contribution in [1.29, 1.82) is 0 Å². The number of amides is 1. The van der Waals surface area contributed by atoms with Crippen molar-refractivity contribution in [2.45, 2.75) is 31.7 Å². The van der Waals surface area contributed by atoms with Gasteiger partial charge in [-0.15, -0.1) is 0 Å². The summed E-state index contributed by atoms with van der Waals surface area (Å²) in [6.07, 6.45) is 1.49. The van der Waals surface area contributed by atoms with E-state index in [2.05, 4.69) is 31.2 Å². The lowest BCUT2D eigenvalue weighted by Crippen LogP contribution is -2.36. The summed E-state index contributed by atoms with van der Waals surface area (Å²) in [6, 6.07) is 18.3. The fourth-order valence-corrected chi connectivity index (χ4v) is 3.35. The lowest BCUT2D eigenvalue weighted by Gasteiger charge is -2.25. The van der Waals surface area contributed by atoms with Crippen molar-refractivity contribution in [3.8, 4) is 0 Å². The van der Waals surface area contributed by atoms with E-state index in [1.165, 1.54) is 5.56 Å². The number of nitrogens with two attached hydrogens (primary N) is 1. The largest absolute Gasteiger partial charge is 0.399 e. The minimum Gasteiger partial charge on any atom is -0.399 e. The molecule has 2 unspecified atom stereocenters. The van der Waals surface area contributed by atoms with Crippen LogP contribution in [-0.4, -0.2) is 23.4 Å². The van der Waals surface area contributed by atoms with Gasteiger partial charge in [-0.2, -0.15) is 0 Å². The molecule has 1 saturated heterocycles. The van der Waals surface area contributed by atoms with E-state index < -0.39 is 0 Å². The van der Waals surface area contributed by atoms with Crippen LogP contribution in [0.5, 0.6) is 0 Å². The van der Waals surface area contributed by atoms with Gasteiger partial charge in [0.15, 0.2) is 0 Å². The first-order chi connectivity index (χ1) is 10.6. The quantitative estimate of drug-likeness (QED) is 0.884. The molecule has 22 heavy (non-hydrogen) atoms. The van der Waals surface area contributed by atoms with Crippen LogP contribution in [0.4, 0.5) is 5.69 Å². The molecular weight excluding hydrogens is 272 g/mol. The monoisotopic (exact) mass is 294 g/mol. The molecule has 0 aliphatic carbocycles. The molecule has 1 amide bonds. The molecule has 2 aromatic carbocycles. The van der Waals surface area contributed by atoms with E-state index in [1.807, 2.05) is 35.2 Å². The molecule has 3 nitrogen and oxygen atoms in total. The summed E-state index contributed by atoms with van der Waals surface area (Å²) in [5.74, 6) is 0.646. The van der Waals surface area contributed by atoms with Gasteiger partial charge in [0.1, 0.15) is 0 Å². The van der Waals surface area contributed by atoms with Crippen LogP contribution < -0.4 is 5.73 Å². The molecule has 0 aromatic heterocycles. The maximum Gasteiger partial charge on any atom is 0.227 e. The number of rotatable bonds is 3. The number of carbonyl (C=O) groups is 1. The normalized spacial score (nSPS) is 21.0. The summed E-state index contributed by atoms with van der Waals surface area (Å²) in [5, 5.41) is 0. The molecule has 1 aliphatic heterocycles. The Kier molecular flexibility index (Phi) is 4.14. The number of benzene rings is 2. The van der Waals surface area contributed by atoms with Gasteiger partial charge in [0, 0.05) is 24.2 Å². The number of hydrogen-bond acceptors (Lipinski definition) is 2. The van der Waals surface area contributed by atoms with E-state index in [1.54, 1.807) is 0 Å². The molecule has 2 aromatic rings. The summed E-state index contributed by atoms with van der Waals surface area (Å²) < 4.78 is 0. The predicted octanol–water partition coefficient (Wildman–Crippen LogP) is 3.22. The molecule has 0 bridgehead atoms. The van der Waals surface area contributed by atoms with Crippen LogP contribution in [0.15, 0.2) is 54.6 Å². The highest BCUT2D eigenvalue weighted by Gasteiger charge is 2.34. The van der Waals surface area contributed by atoms with Gasteiger partial charge in [0.25, 0.3) is 0 Å². The third-order valence-electron chi connectivity index (χ3n) is 4.64. The topological polar surface area (TPSA) is 46.3 Å². The van der Waals surface area contributed by atoms with E-state index in [9.17, 15) is 4.79 Å². The van der Waals surface area contributed by atoms with Crippen LogP contribution in [0.3, 0.4) is 0 Å². The minimum absolute atomic E-state index is 0.204. The van der Waals surface area contributed by atoms with Crippen LogP contribution in [-0.2, 0) is 11.2 Å². The molecular formula is C19H22N2O. The van der Waals surface area contributed by atoms with Crippen LogP contribution >= 0.6 is 0 Å². The van der Waals surface area contributed by atoms with Crippen molar-refractivity contribution in [2.75, 3.05) is 12.3 Å². The minimum atomic E-state index is 0.204. The maximum atomic E-state index is 12.6. The molecule has 1 fully saturated rings. The molecule has 2 atom stereocenters. The third-order valence-corrected chi connectivity index (χ3v) is 4.64. The Morgan fingerprint density at radius 2 is 1.82 bits per heavy atom. The highest BCUT2D eigenvalue weighted by atomic mass is 16.2. The first kappa shape index (κ1) is 14.6. The van der Waals surface area contributed by atoms with E-state index in [-0.39, 0.29) is 11.9 Å². The van der Waals surface area contributed by atoms with Gasteiger partial charge in [-0.25, -0.2) is 0 Å². The first-order valence-corrected chi connectivity index (χ1v) is 7.84. The molecule has 3 rings (SSSR count). The third kappa shape index (κ3) is 2.98. The number of nitrogen functional groups attached to an aromatic ring is 1. The van der Waals surface area contributed by atoms with E-state index in [0.717, 1.165) is 24.2 Å². The van der Waals surface area contributed by atoms with Gasteiger partial charge in [-0.1, -0.05) is 42.5 Å². The van der Waals surface area contributed by atoms with Crippen molar-refractivity contribution in [3.63, 3.8) is 0 Å². The first-order valence-electron chi connectivity index (χ1n) is 7.84. The van der Waals surface area contributed by atoms with Crippen LogP contribution in [0.25, 0.3) is 0 Å². The number of nitrogens with zero attached hydrogens (tertiary/aromatic N) is 1. The van der Waals surface area contributed by atoms with Crippen LogP contribution in [0, 0.1) is 0 Å². The van der Waals surface area contributed by atoms with E-state index in [0.29, 0.717) is 12.3 Å². The fourth-order valence-electron chi connectivity index (χ4n) is 3.35. The summed E-state index contributed by atoms with van der Waals surface area (Å²) in [7, 11) is 0. The second-order valence-corrected chi connectivity index (χ2v) is 6.05. The van der Waals surface area contributed by atoms with Gasteiger partial charge in [0.2, 0.25) is 5.91 Å². The van der Waals surface area contributed by atoms with Gasteiger partial charge < -0.3 is 10.6 Å². The smallest absolute Gasteiger partial charge is 0.227 e.